The number of aromatic nitrogens is 3. The maximum atomic E-state index is 6.27. The molecule has 0 aromatic carbocycles. The molecule has 0 aliphatic carbocycles. The van der Waals surface area contributed by atoms with Crippen LogP contribution in [0.3, 0.4) is 0 Å². The monoisotopic (exact) mass is 217 g/mol. The standard InChI is InChI=1S/C11H8ClN3/c1-7-11-8(6-13-14-7)10(12)9-4-2-3-5-15(9)11/h2-6H,1H3. The Labute approximate surface area is 91.3 Å². The molecule has 3 aromatic heterocycles. The van der Waals surface area contributed by atoms with Gasteiger partial charge in [0.15, 0.2) is 0 Å². The van der Waals surface area contributed by atoms with Crippen LogP contribution in [-0.2, 0) is 0 Å². The Morgan fingerprint density at radius 1 is 1.33 bits per heavy atom. The smallest absolute Gasteiger partial charge is 0.0846 e. The topological polar surface area (TPSA) is 30.2 Å². The van der Waals surface area contributed by atoms with Gasteiger partial charge in [0, 0.05) is 11.6 Å². The van der Waals surface area contributed by atoms with Gasteiger partial charge in [-0.05, 0) is 19.1 Å². The Hall–Kier alpha value is -1.61. The second kappa shape index (κ2) is 2.94. The minimum absolute atomic E-state index is 0.739. The van der Waals surface area contributed by atoms with Crippen LogP contribution in [0.1, 0.15) is 5.69 Å². The van der Waals surface area contributed by atoms with Gasteiger partial charge in [0.1, 0.15) is 0 Å². The van der Waals surface area contributed by atoms with Crippen molar-refractivity contribution in [3.05, 3.63) is 41.3 Å². The first-order chi connectivity index (χ1) is 7.29. The average molecular weight is 218 g/mol. The molecule has 0 fully saturated rings. The molecule has 0 amide bonds. The zero-order valence-electron chi connectivity index (χ0n) is 8.11. The fraction of sp³-hybridized carbons (Fsp3) is 0.0909. The van der Waals surface area contributed by atoms with Crippen molar-refractivity contribution in [2.45, 2.75) is 6.92 Å². The summed E-state index contributed by atoms with van der Waals surface area (Å²) in [5.41, 5.74) is 2.92. The largest absolute Gasteiger partial charge is 0.313 e. The molecule has 0 N–H and O–H groups in total. The van der Waals surface area contributed by atoms with Crippen molar-refractivity contribution in [2.75, 3.05) is 0 Å². The molecule has 3 heterocycles. The third-order valence-corrected chi connectivity index (χ3v) is 2.95. The molecule has 74 valence electrons. The van der Waals surface area contributed by atoms with Crippen LogP contribution in [0.2, 0.25) is 5.02 Å². The van der Waals surface area contributed by atoms with E-state index in [0.29, 0.717) is 0 Å². The lowest BCUT2D eigenvalue weighted by molar-refractivity contribution is 0.993. The van der Waals surface area contributed by atoms with Crippen LogP contribution in [0.4, 0.5) is 0 Å². The SMILES string of the molecule is Cc1nncc2c(Cl)c3ccccn3c12. The molecule has 0 saturated carbocycles. The average Bonchev–Trinajstić information content (AvgIpc) is 2.55. The molecule has 0 saturated heterocycles. The molecular formula is C11H8ClN3. The summed E-state index contributed by atoms with van der Waals surface area (Å²) < 4.78 is 2.04. The van der Waals surface area contributed by atoms with Gasteiger partial charge in [0.2, 0.25) is 0 Å². The first-order valence-electron chi connectivity index (χ1n) is 4.65. The van der Waals surface area contributed by atoms with Crippen molar-refractivity contribution in [2.24, 2.45) is 0 Å². The molecule has 0 bridgehead atoms. The van der Waals surface area contributed by atoms with Gasteiger partial charge in [0.05, 0.1) is 27.9 Å². The quantitative estimate of drug-likeness (QED) is 0.580. The molecule has 4 heteroatoms. The van der Waals surface area contributed by atoms with E-state index < -0.39 is 0 Å². The highest BCUT2D eigenvalue weighted by Gasteiger charge is 2.11. The van der Waals surface area contributed by atoms with Crippen molar-refractivity contribution in [1.82, 2.24) is 14.6 Å². The molecule has 0 spiro atoms. The molecule has 15 heavy (non-hydrogen) atoms. The minimum atomic E-state index is 0.739. The van der Waals surface area contributed by atoms with Gasteiger partial charge in [-0.2, -0.15) is 10.2 Å². The lowest BCUT2D eigenvalue weighted by atomic mass is 10.3. The number of nitrogens with zero attached hydrogens (tertiary/aromatic N) is 3. The molecule has 0 aliphatic rings. The van der Waals surface area contributed by atoms with E-state index in [1.165, 1.54) is 0 Å². The predicted octanol–water partition coefficient (Wildman–Crippen LogP) is 2.84. The van der Waals surface area contributed by atoms with Crippen molar-refractivity contribution < 1.29 is 0 Å². The van der Waals surface area contributed by atoms with Crippen molar-refractivity contribution >= 4 is 28.0 Å². The molecule has 0 aliphatic heterocycles. The molecule has 0 radical (unpaired) electrons. The first kappa shape index (κ1) is 8.68. The summed E-state index contributed by atoms with van der Waals surface area (Å²) in [5, 5.41) is 9.66. The zero-order valence-corrected chi connectivity index (χ0v) is 8.86. The maximum Gasteiger partial charge on any atom is 0.0846 e. The van der Waals surface area contributed by atoms with Crippen LogP contribution in [0.15, 0.2) is 30.6 Å². The first-order valence-corrected chi connectivity index (χ1v) is 5.03. The molecule has 0 unspecified atom stereocenters. The van der Waals surface area contributed by atoms with Gasteiger partial charge in [-0.25, -0.2) is 0 Å². The number of halogens is 1. The second-order valence-electron chi connectivity index (χ2n) is 3.46. The van der Waals surface area contributed by atoms with Crippen molar-refractivity contribution in [1.29, 1.82) is 0 Å². The Morgan fingerprint density at radius 3 is 3.07 bits per heavy atom. The third-order valence-electron chi connectivity index (χ3n) is 2.55. The minimum Gasteiger partial charge on any atom is -0.313 e. The summed E-state index contributed by atoms with van der Waals surface area (Å²) in [6, 6.07) is 5.93. The predicted molar refractivity (Wildman–Crippen MR) is 60.2 cm³/mol. The fourth-order valence-electron chi connectivity index (χ4n) is 1.90. The number of hydrogen-bond acceptors (Lipinski definition) is 2. The molecule has 3 aromatic rings. The van der Waals surface area contributed by atoms with E-state index in [1.807, 2.05) is 35.7 Å². The zero-order chi connectivity index (χ0) is 10.4. The Bertz CT molecular complexity index is 657. The lowest BCUT2D eigenvalue weighted by Crippen LogP contribution is -1.89. The molecule has 0 atom stereocenters. The van der Waals surface area contributed by atoms with Crippen LogP contribution in [0.25, 0.3) is 16.4 Å². The van der Waals surface area contributed by atoms with Crippen LogP contribution in [0, 0.1) is 6.92 Å². The number of rotatable bonds is 0. The summed E-state index contributed by atoms with van der Waals surface area (Å²) in [6.45, 7) is 1.94. The van der Waals surface area contributed by atoms with Gasteiger partial charge >= 0.3 is 0 Å². The lowest BCUT2D eigenvalue weighted by Gasteiger charge is -1.97. The van der Waals surface area contributed by atoms with E-state index in [2.05, 4.69) is 10.2 Å². The van der Waals surface area contributed by atoms with E-state index in [1.54, 1.807) is 6.20 Å². The summed E-state index contributed by atoms with van der Waals surface area (Å²) >= 11 is 6.27. The molecular weight excluding hydrogens is 210 g/mol. The Balaban J connectivity index is 2.70. The number of aryl methyl sites for hydroxylation is 1. The van der Waals surface area contributed by atoms with Crippen LogP contribution >= 0.6 is 11.6 Å². The summed E-state index contributed by atoms with van der Waals surface area (Å²) in [4.78, 5) is 0. The second-order valence-corrected chi connectivity index (χ2v) is 3.84. The van der Waals surface area contributed by atoms with Crippen LogP contribution in [-0.4, -0.2) is 14.6 Å². The maximum absolute atomic E-state index is 6.27. The van der Waals surface area contributed by atoms with Crippen molar-refractivity contribution in [3.8, 4) is 0 Å². The van der Waals surface area contributed by atoms with E-state index >= 15 is 0 Å². The van der Waals surface area contributed by atoms with Crippen molar-refractivity contribution in [3.63, 3.8) is 0 Å². The van der Waals surface area contributed by atoms with Gasteiger partial charge in [0.25, 0.3) is 0 Å². The van der Waals surface area contributed by atoms with E-state index in [0.717, 1.165) is 27.1 Å². The van der Waals surface area contributed by atoms with E-state index in [-0.39, 0.29) is 0 Å². The highest BCUT2D eigenvalue weighted by Crippen LogP contribution is 2.30. The van der Waals surface area contributed by atoms with Crippen LogP contribution in [0.5, 0.6) is 0 Å². The van der Waals surface area contributed by atoms with E-state index in [9.17, 15) is 0 Å². The van der Waals surface area contributed by atoms with Gasteiger partial charge in [-0.3, -0.25) is 0 Å². The third kappa shape index (κ3) is 1.07. The van der Waals surface area contributed by atoms with Gasteiger partial charge in [-0.1, -0.05) is 17.7 Å². The molecule has 3 nitrogen and oxygen atoms in total. The van der Waals surface area contributed by atoms with Gasteiger partial charge in [-0.15, -0.1) is 0 Å². The number of hydrogen-bond donors (Lipinski definition) is 0. The summed E-state index contributed by atoms with van der Waals surface area (Å²) in [6.07, 6.45) is 3.69. The fourth-order valence-corrected chi connectivity index (χ4v) is 2.19. The highest BCUT2D eigenvalue weighted by molar-refractivity contribution is 6.39. The Morgan fingerprint density at radius 2 is 2.20 bits per heavy atom. The highest BCUT2D eigenvalue weighted by atomic mass is 35.5. The normalized spacial score (nSPS) is 11.3. The number of pyridine rings is 1. The summed E-state index contributed by atoms with van der Waals surface area (Å²) in [5.74, 6) is 0. The Kier molecular flexibility index (Phi) is 1.70. The van der Waals surface area contributed by atoms with Crippen LogP contribution < -0.4 is 0 Å². The van der Waals surface area contributed by atoms with Gasteiger partial charge < -0.3 is 4.40 Å². The summed E-state index contributed by atoms with van der Waals surface area (Å²) in [7, 11) is 0. The number of fused-ring (bicyclic) bond motifs is 3. The molecule has 3 rings (SSSR count). The van der Waals surface area contributed by atoms with E-state index in [4.69, 9.17) is 11.6 Å².